The molecule has 0 atom stereocenters. The summed E-state index contributed by atoms with van der Waals surface area (Å²) in [6, 6.07) is 13.6. The van der Waals surface area contributed by atoms with E-state index in [9.17, 15) is 0 Å². The van der Waals surface area contributed by atoms with Crippen LogP contribution in [0.25, 0.3) is 0 Å². The van der Waals surface area contributed by atoms with Gasteiger partial charge in [-0.3, -0.25) is 0 Å². The molecule has 0 aromatic heterocycles. The first kappa shape index (κ1) is 25.7. The molecule has 2 aromatic carbocycles. The van der Waals surface area contributed by atoms with Gasteiger partial charge in [0.2, 0.25) is 0 Å². The molecule has 0 radical (unpaired) electrons. The first-order valence-electron chi connectivity index (χ1n) is 12.0. The van der Waals surface area contributed by atoms with Crippen molar-refractivity contribution in [1.29, 1.82) is 0 Å². The molecule has 0 saturated carbocycles. The van der Waals surface area contributed by atoms with Gasteiger partial charge in [0.25, 0.3) is 0 Å². The fourth-order valence-electron chi connectivity index (χ4n) is 5.09. The molecule has 0 bridgehead atoms. The Morgan fingerprint density at radius 2 is 0.806 bits per heavy atom. The van der Waals surface area contributed by atoms with E-state index in [0.29, 0.717) is 0 Å². The molecule has 0 aliphatic carbocycles. The molecule has 0 amide bonds. The van der Waals surface area contributed by atoms with Crippen molar-refractivity contribution in [2.24, 2.45) is 0 Å². The predicted octanol–water partition coefficient (Wildman–Crippen LogP) is 9.20. The minimum atomic E-state index is -0.0830. The molecule has 172 valence electrons. The van der Waals surface area contributed by atoms with Gasteiger partial charge in [0.05, 0.1) is 0 Å². The summed E-state index contributed by atoms with van der Waals surface area (Å²) in [5, 5.41) is 0. The first-order chi connectivity index (χ1) is 13.7. The van der Waals surface area contributed by atoms with Gasteiger partial charge in [-0.1, -0.05) is 133 Å². The number of benzene rings is 2. The van der Waals surface area contributed by atoms with E-state index in [4.69, 9.17) is 0 Å². The van der Waals surface area contributed by atoms with Crippen LogP contribution in [0.1, 0.15) is 130 Å². The summed E-state index contributed by atoms with van der Waals surface area (Å²) in [7, 11) is 0. The van der Waals surface area contributed by atoms with Crippen LogP contribution in [-0.2, 0) is 27.1 Å². The molecule has 0 heterocycles. The van der Waals surface area contributed by atoms with E-state index >= 15 is 0 Å². The lowest BCUT2D eigenvalue weighted by Gasteiger charge is -2.44. The Labute approximate surface area is 193 Å². The van der Waals surface area contributed by atoms with Crippen molar-refractivity contribution >= 4 is 0 Å². The van der Waals surface area contributed by atoms with E-state index in [-0.39, 0.29) is 27.1 Å². The minimum Gasteiger partial charge on any atom is -0.0622 e. The van der Waals surface area contributed by atoms with Crippen molar-refractivity contribution in [3.8, 4) is 0 Å². The van der Waals surface area contributed by atoms with Gasteiger partial charge in [0.15, 0.2) is 0 Å². The van der Waals surface area contributed by atoms with Gasteiger partial charge >= 0.3 is 0 Å². The molecule has 0 aliphatic heterocycles. The maximum Gasteiger partial charge on any atom is 0.0149 e. The summed E-state index contributed by atoms with van der Waals surface area (Å²) in [6.45, 7) is 33.5. The molecule has 0 spiro atoms. The number of hydrogen-bond acceptors (Lipinski definition) is 0. The maximum absolute atomic E-state index is 2.57. The van der Waals surface area contributed by atoms with Crippen molar-refractivity contribution in [3.63, 3.8) is 0 Å². The van der Waals surface area contributed by atoms with E-state index in [0.717, 1.165) is 0 Å². The second-order valence-electron chi connectivity index (χ2n) is 14.1. The average molecular weight is 421 g/mol. The van der Waals surface area contributed by atoms with Crippen LogP contribution in [-0.4, -0.2) is 0 Å². The van der Waals surface area contributed by atoms with Crippen LogP contribution in [0.5, 0.6) is 0 Å². The third-order valence-electron chi connectivity index (χ3n) is 6.55. The SMILES string of the molecule is CC(C)(C)c1cc(C(C)(C)c2ccccc2)c(C(C)(C)C)c(C(C)(C)C)c1C(C)(C)C. The van der Waals surface area contributed by atoms with Gasteiger partial charge in [0.1, 0.15) is 0 Å². The lowest BCUT2D eigenvalue weighted by Crippen LogP contribution is -2.36. The van der Waals surface area contributed by atoms with Gasteiger partial charge in [-0.15, -0.1) is 0 Å². The highest BCUT2D eigenvalue weighted by Crippen LogP contribution is 2.50. The summed E-state index contributed by atoms with van der Waals surface area (Å²) >= 11 is 0. The molecule has 2 aromatic rings. The zero-order chi connectivity index (χ0) is 24.2. The molecule has 2 rings (SSSR count). The van der Waals surface area contributed by atoms with Gasteiger partial charge in [0, 0.05) is 5.41 Å². The Balaban J connectivity index is 3.23. The maximum atomic E-state index is 2.57. The van der Waals surface area contributed by atoms with Gasteiger partial charge in [-0.25, -0.2) is 0 Å². The van der Waals surface area contributed by atoms with Crippen LogP contribution in [0.2, 0.25) is 0 Å². The van der Waals surface area contributed by atoms with Crippen molar-refractivity contribution < 1.29 is 0 Å². The average Bonchev–Trinajstić information content (AvgIpc) is 2.57. The van der Waals surface area contributed by atoms with E-state index in [1.165, 1.54) is 22.3 Å². The molecular formula is C31H48. The van der Waals surface area contributed by atoms with Gasteiger partial charge < -0.3 is 0 Å². The van der Waals surface area contributed by atoms with E-state index < -0.39 is 0 Å². The van der Waals surface area contributed by atoms with Crippen molar-refractivity contribution in [2.45, 2.75) is 124 Å². The first-order valence-corrected chi connectivity index (χ1v) is 12.0. The fourth-order valence-corrected chi connectivity index (χ4v) is 5.09. The highest BCUT2D eigenvalue weighted by Gasteiger charge is 2.40. The lowest BCUT2D eigenvalue weighted by atomic mass is 9.60. The van der Waals surface area contributed by atoms with Crippen LogP contribution in [0, 0.1) is 0 Å². The number of rotatable bonds is 2. The quantitative estimate of drug-likeness (QED) is 0.454. The second kappa shape index (κ2) is 7.79. The largest absolute Gasteiger partial charge is 0.0622 e. The standard InChI is InChI=1S/C31H48/c1-27(2,3)22-20-23(31(13,14)21-18-16-15-17-19-21)25(29(7,8)9)26(30(10,11)12)24(22)28(4,5)6/h15-20H,1-14H3. The molecule has 0 heteroatoms. The van der Waals surface area contributed by atoms with Crippen LogP contribution < -0.4 is 0 Å². The Morgan fingerprint density at radius 1 is 0.419 bits per heavy atom. The predicted molar refractivity (Wildman–Crippen MR) is 140 cm³/mol. The monoisotopic (exact) mass is 420 g/mol. The van der Waals surface area contributed by atoms with E-state index in [1.807, 2.05) is 0 Å². The molecule has 0 N–H and O–H groups in total. The summed E-state index contributed by atoms with van der Waals surface area (Å²) in [5.74, 6) is 0. The summed E-state index contributed by atoms with van der Waals surface area (Å²) < 4.78 is 0. The van der Waals surface area contributed by atoms with Crippen molar-refractivity contribution in [2.75, 3.05) is 0 Å². The summed E-state index contributed by atoms with van der Waals surface area (Å²) in [4.78, 5) is 0. The van der Waals surface area contributed by atoms with E-state index in [2.05, 4.69) is 133 Å². The highest BCUT2D eigenvalue weighted by molar-refractivity contribution is 5.59. The smallest absolute Gasteiger partial charge is 0.0149 e. The molecule has 0 fully saturated rings. The molecule has 0 unspecified atom stereocenters. The minimum absolute atomic E-state index is 0.0421. The zero-order valence-corrected chi connectivity index (χ0v) is 23.0. The van der Waals surface area contributed by atoms with Gasteiger partial charge in [-0.2, -0.15) is 0 Å². The molecule has 0 aliphatic rings. The van der Waals surface area contributed by atoms with Crippen LogP contribution in [0.15, 0.2) is 36.4 Å². The second-order valence-corrected chi connectivity index (χ2v) is 14.1. The zero-order valence-electron chi connectivity index (χ0n) is 23.0. The molecule has 0 nitrogen and oxygen atoms in total. The van der Waals surface area contributed by atoms with E-state index in [1.54, 1.807) is 11.1 Å². The summed E-state index contributed by atoms with van der Waals surface area (Å²) in [6.07, 6.45) is 0. The Bertz CT molecular complexity index is 912. The third-order valence-corrected chi connectivity index (χ3v) is 6.55. The third kappa shape index (κ3) is 5.10. The molecular weight excluding hydrogens is 372 g/mol. The highest BCUT2D eigenvalue weighted by atomic mass is 14.4. The molecule has 31 heavy (non-hydrogen) atoms. The Hall–Kier alpha value is -1.56. The van der Waals surface area contributed by atoms with Crippen LogP contribution in [0.3, 0.4) is 0 Å². The number of hydrogen-bond donors (Lipinski definition) is 0. The van der Waals surface area contributed by atoms with Crippen LogP contribution >= 0.6 is 0 Å². The molecule has 0 saturated heterocycles. The van der Waals surface area contributed by atoms with Crippen molar-refractivity contribution in [1.82, 2.24) is 0 Å². The Kier molecular flexibility index (Phi) is 6.46. The Morgan fingerprint density at radius 3 is 1.16 bits per heavy atom. The normalized spacial score (nSPS) is 14.1. The fraction of sp³-hybridized carbons (Fsp3) is 0.613. The van der Waals surface area contributed by atoms with Crippen LogP contribution in [0.4, 0.5) is 0 Å². The van der Waals surface area contributed by atoms with Gasteiger partial charge in [-0.05, 0) is 55.0 Å². The van der Waals surface area contributed by atoms with Crippen molar-refractivity contribution in [3.05, 3.63) is 69.8 Å². The lowest BCUT2D eigenvalue weighted by molar-refractivity contribution is 0.464. The summed E-state index contributed by atoms with van der Waals surface area (Å²) in [5.41, 5.74) is 9.14. The topological polar surface area (TPSA) is 0 Å².